The summed E-state index contributed by atoms with van der Waals surface area (Å²) in [5, 5.41) is 8.29. The molecule has 6 nitrogen and oxygen atoms in total. The van der Waals surface area contributed by atoms with Crippen molar-refractivity contribution >= 4 is 23.0 Å². The van der Waals surface area contributed by atoms with E-state index in [2.05, 4.69) is 25.6 Å². The lowest BCUT2D eigenvalue weighted by Gasteiger charge is -2.09. The van der Waals surface area contributed by atoms with E-state index in [4.69, 9.17) is 0 Å². The van der Waals surface area contributed by atoms with Gasteiger partial charge < -0.3 is 15.6 Å². The van der Waals surface area contributed by atoms with E-state index in [1.807, 2.05) is 18.4 Å². The standard InChI is InChI=1S/C13H17N5OS/c1-2-14-10-5-11(18-12(17-10)8-3-4-8)15-6-9-7-20-13(19)16-9/h5,7-8H,2-4,6H2,1H3,(H,16,19)(H2,14,15,17,18). The molecule has 3 N–H and O–H groups in total. The fourth-order valence-corrected chi connectivity index (χ4v) is 2.52. The Morgan fingerprint density at radius 3 is 2.70 bits per heavy atom. The summed E-state index contributed by atoms with van der Waals surface area (Å²) in [5.74, 6) is 3.07. The molecule has 0 radical (unpaired) electrons. The summed E-state index contributed by atoms with van der Waals surface area (Å²) in [6.07, 6.45) is 2.35. The Bertz CT molecular complexity index is 646. The third-order valence-electron chi connectivity index (χ3n) is 3.07. The highest BCUT2D eigenvalue weighted by Crippen LogP contribution is 2.38. The molecule has 7 heteroatoms. The van der Waals surface area contributed by atoms with Crippen LogP contribution in [0.15, 0.2) is 16.2 Å². The van der Waals surface area contributed by atoms with Crippen LogP contribution in [-0.4, -0.2) is 21.5 Å². The summed E-state index contributed by atoms with van der Waals surface area (Å²) >= 11 is 1.17. The number of nitrogens with one attached hydrogen (secondary N) is 3. The average molecular weight is 291 g/mol. The maximum atomic E-state index is 11.1. The highest BCUT2D eigenvalue weighted by Gasteiger charge is 2.27. The maximum absolute atomic E-state index is 11.1. The van der Waals surface area contributed by atoms with Gasteiger partial charge in [0.1, 0.15) is 17.5 Å². The Morgan fingerprint density at radius 1 is 1.35 bits per heavy atom. The van der Waals surface area contributed by atoms with E-state index in [1.54, 1.807) is 0 Å². The first-order chi connectivity index (χ1) is 9.74. The van der Waals surface area contributed by atoms with Crippen LogP contribution < -0.4 is 15.5 Å². The zero-order valence-corrected chi connectivity index (χ0v) is 12.1. The van der Waals surface area contributed by atoms with Crippen LogP contribution in [0.2, 0.25) is 0 Å². The molecule has 0 spiro atoms. The van der Waals surface area contributed by atoms with E-state index < -0.39 is 0 Å². The zero-order valence-electron chi connectivity index (χ0n) is 11.3. The summed E-state index contributed by atoms with van der Waals surface area (Å²) in [4.78, 5) is 22.9. The quantitative estimate of drug-likeness (QED) is 0.759. The second-order valence-corrected chi connectivity index (χ2v) is 5.67. The molecule has 0 amide bonds. The normalized spacial score (nSPS) is 14.2. The van der Waals surface area contributed by atoms with Gasteiger partial charge in [-0.1, -0.05) is 11.3 Å². The van der Waals surface area contributed by atoms with Gasteiger partial charge in [0.15, 0.2) is 0 Å². The lowest BCUT2D eigenvalue weighted by atomic mass is 10.3. The predicted molar refractivity (Wildman–Crippen MR) is 80.4 cm³/mol. The van der Waals surface area contributed by atoms with Gasteiger partial charge in [-0.2, -0.15) is 0 Å². The zero-order chi connectivity index (χ0) is 13.9. The van der Waals surface area contributed by atoms with Gasteiger partial charge in [-0.3, -0.25) is 4.79 Å². The van der Waals surface area contributed by atoms with Crippen molar-refractivity contribution in [1.82, 2.24) is 15.0 Å². The van der Waals surface area contributed by atoms with E-state index in [9.17, 15) is 4.79 Å². The number of H-pyrrole nitrogens is 1. The molecule has 2 aromatic rings. The predicted octanol–water partition coefficient (Wildman–Crippen LogP) is 2.15. The molecule has 0 aromatic carbocycles. The molecule has 2 aromatic heterocycles. The van der Waals surface area contributed by atoms with Gasteiger partial charge in [-0.05, 0) is 19.8 Å². The monoisotopic (exact) mass is 291 g/mol. The first-order valence-electron chi connectivity index (χ1n) is 6.78. The third-order valence-corrected chi connectivity index (χ3v) is 3.79. The molecular weight excluding hydrogens is 274 g/mol. The van der Waals surface area contributed by atoms with Crippen molar-refractivity contribution in [3.63, 3.8) is 0 Å². The van der Waals surface area contributed by atoms with Crippen LogP contribution in [0.5, 0.6) is 0 Å². The average Bonchev–Trinajstić information content (AvgIpc) is 3.20. The third kappa shape index (κ3) is 3.16. The Labute approximate surface area is 120 Å². The fraction of sp³-hybridized carbons (Fsp3) is 0.462. The number of aromatic amines is 1. The van der Waals surface area contributed by atoms with Gasteiger partial charge in [0, 0.05) is 29.6 Å². The highest BCUT2D eigenvalue weighted by atomic mass is 32.1. The molecule has 106 valence electrons. The Kier molecular flexibility index (Phi) is 3.68. The van der Waals surface area contributed by atoms with Gasteiger partial charge >= 0.3 is 4.87 Å². The molecule has 0 atom stereocenters. The van der Waals surface area contributed by atoms with Gasteiger partial charge in [-0.25, -0.2) is 9.97 Å². The molecule has 0 saturated heterocycles. The molecule has 20 heavy (non-hydrogen) atoms. The van der Waals surface area contributed by atoms with Crippen LogP contribution in [0.1, 0.15) is 37.2 Å². The van der Waals surface area contributed by atoms with Gasteiger partial charge in [-0.15, -0.1) is 0 Å². The summed E-state index contributed by atoms with van der Waals surface area (Å²) in [6, 6.07) is 1.90. The van der Waals surface area contributed by atoms with Crippen molar-refractivity contribution in [3.05, 3.63) is 32.6 Å². The second kappa shape index (κ2) is 5.62. The highest BCUT2D eigenvalue weighted by molar-refractivity contribution is 7.07. The molecule has 0 aliphatic heterocycles. The fourth-order valence-electron chi connectivity index (χ4n) is 1.94. The van der Waals surface area contributed by atoms with Crippen molar-refractivity contribution in [2.45, 2.75) is 32.2 Å². The van der Waals surface area contributed by atoms with E-state index in [-0.39, 0.29) is 4.87 Å². The molecule has 2 heterocycles. The summed E-state index contributed by atoms with van der Waals surface area (Å²) < 4.78 is 0. The number of anilines is 2. The number of nitrogens with zero attached hydrogens (tertiary/aromatic N) is 2. The smallest absolute Gasteiger partial charge is 0.304 e. The number of rotatable bonds is 6. The van der Waals surface area contributed by atoms with Crippen LogP contribution in [0.3, 0.4) is 0 Å². The van der Waals surface area contributed by atoms with Crippen LogP contribution in [0.4, 0.5) is 11.6 Å². The SMILES string of the molecule is CCNc1cc(NCc2csc(=O)[nH]2)nc(C2CC2)n1. The minimum atomic E-state index is -0.0310. The van der Waals surface area contributed by atoms with Crippen LogP contribution in [0, 0.1) is 0 Å². The van der Waals surface area contributed by atoms with Crippen LogP contribution in [-0.2, 0) is 6.54 Å². The molecule has 1 aliphatic rings. The second-order valence-electron chi connectivity index (χ2n) is 4.83. The molecule has 0 unspecified atom stereocenters. The van der Waals surface area contributed by atoms with Crippen molar-refractivity contribution in [2.75, 3.05) is 17.2 Å². The first-order valence-corrected chi connectivity index (χ1v) is 7.66. The van der Waals surface area contributed by atoms with Crippen molar-refractivity contribution in [2.24, 2.45) is 0 Å². The van der Waals surface area contributed by atoms with Crippen LogP contribution >= 0.6 is 11.3 Å². The van der Waals surface area contributed by atoms with E-state index in [0.717, 1.165) is 29.7 Å². The van der Waals surface area contributed by atoms with Gasteiger partial charge in [0.05, 0.1) is 6.54 Å². The number of aromatic nitrogens is 3. The molecule has 1 fully saturated rings. The molecule has 1 aliphatic carbocycles. The lowest BCUT2D eigenvalue weighted by molar-refractivity contribution is 0.915. The minimum Gasteiger partial charge on any atom is -0.370 e. The molecular formula is C13H17N5OS. The van der Waals surface area contributed by atoms with Crippen molar-refractivity contribution in [3.8, 4) is 0 Å². The minimum absolute atomic E-state index is 0.0310. The summed E-state index contributed by atoms with van der Waals surface area (Å²) in [5.41, 5.74) is 0.872. The number of thiazole rings is 1. The molecule has 3 rings (SSSR count). The summed E-state index contributed by atoms with van der Waals surface area (Å²) in [7, 11) is 0. The maximum Gasteiger partial charge on any atom is 0.304 e. The van der Waals surface area contributed by atoms with E-state index >= 15 is 0 Å². The van der Waals surface area contributed by atoms with Gasteiger partial charge in [0.2, 0.25) is 0 Å². The van der Waals surface area contributed by atoms with E-state index in [1.165, 1.54) is 24.2 Å². The molecule has 1 saturated carbocycles. The van der Waals surface area contributed by atoms with Crippen molar-refractivity contribution < 1.29 is 0 Å². The Hall–Kier alpha value is -1.89. The molecule has 0 bridgehead atoms. The lowest BCUT2D eigenvalue weighted by Crippen LogP contribution is -2.08. The topological polar surface area (TPSA) is 82.7 Å². The van der Waals surface area contributed by atoms with Gasteiger partial charge in [0.25, 0.3) is 0 Å². The largest absolute Gasteiger partial charge is 0.370 e. The Morgan fingerprint density at radius 2 is 2.10 bits per heavy atom. The van der Waals surface area contributed by atoms with E-state index in [0.29, 0.717) is 12.5 Å². The number of hydrogen-bond acceptors (Lipinski definition) is 6. The van der Waals surface area contributed by atoms with Crippen molar-refractivity contribution in [1.29, 1.82) is 0 Å². The van der Waals surface area contributed by atoms with Crippen LogP contribution in [0.25, 0.3) is 0 Å². The first kappa shape index (κ1) is 13.1. The number of hydrogen-bond donors (Lipinski definition) is 3. The Balaban J connectivity index is 1.75. The summed E-state index contributed by atoms with van der Waals surface area (Å²) in [6.45, 7) is 3.44.